The number of fused-ring (bicyclic) bond motifs is 3. The maximum Gasteiger partial charge on any atom is 0.319 e. The van der Waals surface area contributed by atoms with Crippen LogP contribution in [0.25, 0.3) is 11.1 Å². The summed E-state index contributed by atoms with van der Waals surface area (Å²) < 4.78 is 22.2. The van der Waals surface area contributed by atoms with Gasteiger partial charge in [-0.3, -0.25) is 4.79 Å². The second kappa shape index (κ2) is 10.8. The van der Waals surface area contributed by atoms with Crippen molar-refractivity contribution >= 4 is 23.3 Å². The van der Waals surface area contributed by atoms with Gasteiger partial charge in [-0.1, -0.05) is 29.8 Å². The summed E-state index contributed by atoms with van der Waals surface area (Å²) in [6.45, 7) is 0. The first-order valence-electron chi connectivity index (χ1n) is 11.3. The minimum absolute atomic E-state index is 0.184. The molecule has 1 atom stereocenters. The number of ether oxygens (including phenoxy) is 4. The van der Waals surface area contributed by atoms with Gasteiger partial charge in [0, 0.05) is 5.56 Å². The van der Waals surface area contributed by atoms with Crippen LogP contribution >= 0.6 is 11.6 Å². The van der Waals surface area contributed by atoms with Crippen LogP contribution in [-0.2, 0) is 6.42 Å². The molecule has 0 unspecified atom stereocenters. The second-order valence-corrected chi connectivity index (χ2v) is 8.54. The van der Waals surface area contributed by atoms with Gasteiger partial charge in [-0.2, -0.15) is 0 Å². The maximum absolute atomic E-state index is 13.0. The SMILES string of the molecule is COc1cc2c(c(OC)c1OC)-c1ccc(OC)c(=O)cc1[C@@H](NC(=O)Nc1ccccc1Cl)CC2. The number of para-hydroxylation sites is 1. The Balaban J connectivity index is 1.86. The van der Waals surface area contributed by atoms with Crippen LogP contribution < -0.4 is 35.0 Å². The molecule has 0 spiro atoms. The van der Waals surface area contributed by atoms with E-state index in [1.807, 2.05) is 6.07 Å². The summed E-state index contributed by atoms with van der Waals surface area (Å²) in [5, 5.41) is 6.21. The van der Waals surface area contributed by atoms with Crippen molar-refractivity contribution in [3.63, 3.8) is 0 Å². The highest BCUT2D eigenvalue weighted by molar-refractivity contribution is 6.33. The van der Waals surface area contributed by atoms with Crippen molar-refractivity contribution in [1.29, 1.82) is 0 Å². The topological polar surface area (TPSA) is 95.1 Å². The van der Waals surface area contributed by atoms with Gasteiger partial charge in [0.1, 0.15) is 0 Å². The van der Waals surface area contributed by atoms with Crippen molar-refractivity contribution in [2.45, 2.75) is 18.9 Å². The molecule has 3 aromatic carbocycles. The zero-order chi connectivity index (χ0) is 25.8. The van der Waals surface area contributed by atoms with E-state index in [0.717, 1.165) is 11.1 Å². The third kappa shape index (κ3) is 4.77. The van der Waals surface area contributed by atoms with Crippen LogP contribution in [0.4, 0.5) is 10.5 Å². The van der Waals surface area contributed by atoms with E-state index in [1.54, 1.807) is 50.6 Å². The van der Waals surface area contributed by atoms with E-state index < -0.39 is 12.1 Å². The Morgan fingerprint density at radius 1 is 0.917 bits per heavy atom. The van der Waals surface area contributed by atoms with Crippen molar-refractivity contribution in [3.8, 4) is 34.1 Å². The van der Waals surface area contributed by atoms with Crippen LogP contribution in [0.2, 0.25) is 5.02 Å². The lowest BCUT2D eigenvalue weighted by molar-refractivity contribution is 0.248. The van der Waals surface area contributed by atoms with Crippen LogP contribution in [0.5, 0.6) is 23.0 Å². The number of halogens is 1. The quantitative estimate of drug-likeness (QED) is 0.472. The molecule has 4 rings (SSSR count). The fourth-order valence-corrected chi connectivity index (χ4v) is 4.68. The molecular formula is C27H27ClN2O6. The lowest BCUT2D eigenvalue weighted by atomic mass is 9.95. The third-order valence-corrected chi connectivity index (χ3v) is 6.48. The Labute approximate surface area is 214 Å². The van der Waals surface area contributed by atoms with Crippen LogP contribution in [-0.4, -0.2) is 34.5 Å². The molecule has 0 saturated carbocycles. The number of hydrogen-bond donors (Lipinski definition) is 2. The number of methoxy groups -OCH3 is 4. The third-order valence-electron chi connectivity index (χ3n) is 6.15. The Bertz CT molecular complexity index is 1360. The van der Waals surface area contributed by atoms with Gasteiger partial charge in [0.2, 0.25) is 11.2 Å². The van der Waals surface area contributed by atoms with Crippen LogP contribution in [0.1, 0.15) is 23.6 Å². The summed E-state index contributed by atoms with van der Waals surface area (Å²) in [6, 6.07) is 12.8. The zero-order valence-corrected chi connectivity index (χ0v) is 21.2. The Morgan fingerprint density at radius 3 is 2.31 bits per heavy atom. The minimum Gasteiger partial charge on any atom is -0.493 e. The molecule has 0 radical (unpaired) electrons. The van der Waals surface area contributed by atoms with Crippen LogP contribution in [0.15, 0.2) is 53.3 Å². The van der Waals surface area contributed by atoms with Crippen molar-refractivity contribution in [3.05, 3.63) is 74.9 Å². The highest BCUT2D eigenvalue weighted by Gasteiger charge is 2.30. The van der Waals surface area contributed by atoms with E-state index >= 15 is 0 Å². The van der Waals surface area contributed by atoms with Gasteiger partial charge in [-0.15, -0.1) is 0 Å². The van der Waals surface area contributed by atoms with E-state index in [1.165, 1.54) is 20.3 Å². The van der Waals surface area contributed by atoms with Crippen molar-refractivity contribution in [2.24, 2.45) is 0 Å². The highest BCUT2D eigenvalue weighted by Crippen LogP contribution is 2.50. The molecule has 0 fully saturated rings. The lowest BCUT2D eigenvalue weighted by Gasteiger charge is -2.20. The number of benzene rings is 2. The van der Waals surface area contributed by atoms with Gasteiger partial charge in [0.15, 0.2) is 17.2 Å². The van der Waals surface area contributed by atoms with Gasteiger partial charge in [-0.25, -0.2) is 4.79 Å². The number of carbonyl (C=O) groups is 1. The Kier molecular flexibility index (Phi) is 7.55. The number of rotatable bonds is 6. The minimum atomic E-state index is -0.499. The van der Waals surface area contributed by atoms with Gasteiger partial charge in [0.25, 0.3) is 0 Å². The number of nitrogens with one attached hydrogen (secondary N) is 2. The van der Waals surface area contributed by atoms with Gasteiger partial charge >= 0.3 is 6.03 Å². The molecule has 9 heteroatoms. The molecule has 0 bridgehead atoms. The summed E-state index contributed by atoms with van der Waals surface area (Å²) in [7, 11) is 6.10. The molecule has 0 heterocycles. The first-order chi connectivity index (χ1) is 17.4. The van der Waals surface area contributed by atoms with E-state index in [-0.39, 0.29) is 11.2 Å². The number of amides is 2. The number of anilines is 1. The predicted octanol–water partition coefficient (Wildman–Crippen LogP) is 5.21. The Morgan fingerprint density at radius 2 is 1.64 bits per heavy atom. The first-order valence-corrected chi connectivity index (χ1v) is 11.7. The predicted molar refractivity (Wildman–Crippen MR) is 139 cm³/mol. The molecule has 1 aliphatic rings. The molecule has 2 amide bonds. The smallest absolute Gasteiger partial charge is 0.319 e. The highest BCUT2D eigenvalue weighted by atomic mass is 35.5. The molecule has 2 N–H and O–H groups in total. The number of urea groups is 1. The molecule has 3 aromatic rings. The molecule has 0 aromatic heterocycles. The summed E-state index contributed by atoms with van der Waals surface area (Å²) in [6.07, 6.45) is 1.09. The molecule has 1 aliphatic carbocycles. The molecule has 0 saturated heterocycles. The summed E-state index contributed by atoms with van der Waals surface area (Å²) in [5.74, 6) is 1.63. The maximum atomic E-state index is 13.0. The second-order valence-electron chi connectivity index (χ2n) is 8.13. The van der Waals surface area contributed by atoms with Crippen LogP contribution in [0, 0.1) is 0 Å². The van der Waals surface area contributed by atoms with Gasteiger partial charge in [-0.05, 0) is 59.9 Å². The fourth-order valence-electron chi connectivity index (χ4n) is 4.50. The number of aryl methyl sites for hydroxylation is 1. The largest absolute Gasteiger partial charge is 0.493 e. The average molecular weight is 511 g/mol. The lowest BCUT2D eigenvalue weighted by Crippen LogP contribution is -2.33. The van der Waals surface area contributed by atoms with Crippen molar-refractivity contribution in [2.75, 3.05) is 33.8 Å². The van der Waals surface area contributed by atoms with Gasteiger partial charge < -0.3 is 29.6 Å². The number of carbonyl (C=O) groups excluding carboxylic acids is 1. The molecule has 36 heavy (non-hydrogen) atoms. The zero-order valence-electron chi connectivity index (χ0n) is 20.4. The van der Waals surface area contributed by atoms with E-state index in [2.05, 4.69) is 10.6 Å². The van der Waals surface area contributed by atoms with E-state index in [9.17, 15) is 9.59 Å². The Hall–Kier alpha value is -3.91. The van der Waals surface area contributed by atoms with Crippen molar-refractivity contribution in [1.82, 2.24) is 5.32 Å². The standard InChI is InChI=1S/C27H27ClN2O6/c1-33-22-12-10-16-17(14-21(22)31)19(29-27(32)30-20-8-6-5-7-18(20)28)11-9-15-13-23(34-2)25(35-3)26(36-4)24(15)16/h5-8,10,12-14,19H,9,11H2,1-4H3,(H2,29,30,32)/t19-/m0/s1. The average Bonchev–Trinajstić information content (AvgIpc) is 3.12. The summed E-state index contributed by atoms with van der Waals surface area (Å²) in [5.41, 5.74) is 3.21. The van der Waals surface area contributed by atoms with Crippen LogP contribution in [0.3, 0.4) is 0 Å². The van der Waals surface area contributed by atoms with Crippen molar-refractivity contribution < 1.29 is 23.7 Å². The van der Waals surface area contributed by atoms with E-state index in [4.69, 9.17) is 30.5 Å². The molecule has 0 aliphatic heterocycles. The van der Waals surface area contributed by atoms with Gasteiger partial charge in [0.05, 0.1) is 45.2 Å². The first kappa shape index (κ1) is 25.2. The summed E-state index contributed by atoms with van der Waals surface area (Å²) in [4.78, 5) is 25.9. The molecule has 188 valence electrons. The number of hydrogen-bond acceptors (Lipinski definition) is 6. The molecular weight excluding hydrogens is 484 g/mol. The summed E-state index contributed by atoms with van der Waals surface area (Å²) >= 11 is 6.21. The fraction of sp³-hybridized carbons (Fsp3) is 0.259. The van der Waals surface area contributed by atoms with E-state index in [0.29, 0.717) is 51.9 Å². The normalized spacial score (nSPS) is 14.0. The monoisotopic (exact) mass is 510 g/mol. The molecule has 8 nitrogen and oxygen atoms in total.